The molecule has 1 aromatic heterocycles. The highest BCUT2D eigenvalue weighted by molar-refractivity contribution is 6.29. The van der Waals surface area contributed by atoms with Crippen LogP contribution in [0.5, 0.6) is 0 Å². The number of hydrogen-bond donors (Lipinski definition) is 0. The molecule has 0 saturated carbocycles. The van der Waals surface area contributed by atoms with Crippen LogP contribution in [0.3, 0.4) is 0 Å². The van der Waals surface area contributed by atoms with Gasteiger partial charge in [0.25, 0.3) is 0 Å². The van der Waals surface area contributed by atoms with Gasteiger partial charge in [0.05, 0.1) is 5.56 Å². The van der Waals surface area contributed by atoms with Gasteiger partial charge in [0.15, 0.2) is 11.0 Å². The summed E-state index contributed by atoms with van der Waals surface area (Å²) in [4.78, 5) is 2.07. The summed E-state index contributed by atoms with van der Waals surface area (Å²) in [5.41, 5.74) is 0.506. The van der Waals surface area contributed by atoms with Gasteiger partial charge in [-0.1, -0.05) is 11.6 Å². The summed E-state index contributed by atoms with van der Waals surface area (Å²) in [7, 11) is 0. The molecule has 0 spiro atoms. The normalized spacial score (nSPS) is 15.6. The molecule has 1 saturated heterocycles. The SMILES string of the molecule is N#Cc1cc(Cl)nnc1N1CCCC1. The van der Waals surface area contributed by atoms with Crippen molar-refractivity contribution in [2.75, 3.05) is 18.0 Å². The molecule has 0 aliphatic carbocycles. The van der Waals surface area contributed by atoms with E-state index in [9.17, 15) is 0 Å². The van der Waals surface area contributed by atoms with Crippen LogP contribution >= 0.6 is 11.6 Å². The van der Waals surface area contributed by atoms with Crippen LogP contribution in [-0.2, 0) is 0 Å². The summed E-state index contributed by atoms with van der Waals surface area (Å²) in [6.45, 7) is 1.90. The number of hydrogen-bond acceptors (Lipinski definition) is 4. The summed E-state index contributed by atoms with van der Waals surface area (Å²) < 4.78 is 0. The van der Waals surface area contributed by atoms with Crippen LogP contribution in [0.15, 0.2) is 6.07 Å². The Balaban J connectivity index is 2.37. The Hall–Kier alpha value is -1.34. The number of rotatable bonds is 1. The smallest absolute Gasteiger partial charge is 0.169 e. The van der Waals surface area contributed by atoms with E-state index in [0.717, 1.165) is 25.9 Å². The van der Waals surface area contributed by atoms with Crippen LogP contribution in [0.4, 0.5) is 5.82 Å². The standard InChI is InChI=1S/C9H9ClN4/c10-8-5-7(6-11)9(13-12-8)14-3-1-2-4-14/h5H,1-4H2. The molecule has 5 heteroatoms. The van der Waals surface area contributed by atoms with Crippen LogP contribution in [0, 0.1) is 11.3 Å². The third-order valence-corrected chi connectivity index (χ3v) is 2.46. The van der Waals surface area contributed by atoms with Crippen LogP contribution in [0.25, 0.3) is 0 Å². The zero-order chi connectivity index (χ0) is 9.97. The van der Waals surface area contributed by atoms with Crippen LogP contribution in [-0.4, -0.2) is 23.3 Å². The summed E-state index contributed by atoms with van der Waals surface area (Å²) in [6.07, 6.45) is 2.30. The number of nitrogens with zero attached hydrogens (tertiary/aromatic N) is 4. The van der Waals surface area contributed by atoms with Crippen molar-refractivity contribution in [3.05, 3.63) is 16.8 Å². The second-order valence-corrected chi connectivity index (χ2v) is 3.60. The number of aromatic nitrogens is 2. The van der Waals surface area contributed by atoms with Crippen molar-refractivity contribution in [3.8, 4) is 6.07 Å². The second kappa shape index (κ2) is 3.81. The molecule has 1 aliphatic heterocycles. The lowest BCUT2D eigenvalue weighted by Crippen LogP contribution is -2.20. The minimum absolute atomic E-state index is 0.268. The molecule has 1 aliphatic rings. The molecule has 72 valence electrons. The Morgan fingerprint density at radius 2 is 2.07 bits per heavy atom. The van der Waals surface area contributed by atoms with E-state index >= 15 is 0 Å². The predicted octanol–water partition coefficient (Wildman–Crippen LogP) is 1.60. The van der Waals surface area contributed by atoms with Gasteiger partial charge < -0.3 is 4.90 Å². The third kappa shape index (κ3) is 1.64. The van der Waals surface area contributed by atoms with Crippen molar-refractivity contribution < 1.29 is 0 Å². The maximum absolute atomic E-state index is 8.90. The predicted molar refractivity (Wildman–Crippen MR) is 53.2 cm³/mol. The van der Waals surface area contributed by atoms with E-state index in [1.54, 1.807) is 6.07 Å². The van der Waals surface area contributed by atoms with E-state index in [4.69, 9.17) is 16.9 Å². The van der Waals surface area contributed by atoms with E-state index < -0.39 is 0 Å². The fraction of sp³-hybridized carbons (Fsp3) is 0.444. The van der Waals surface area contributed by atoms with E-state index in [1.165, 1.54) is 0 Å². The zero-order valence-corrected chi connectivity index (χ0v) is 8.33. The Morgan fingerprint density at radius 1 is 1.36 bits per heavy atom. The third-order valence-electron chi connectivity index (χ3n) is 2.27. The molecule has 14 heavy (non-hydrogen) atoms. The first-order valence-electron chi connectivity index (χ1n) is 4.49. The van der Waals surface area contributed by atoms with Gasteiger partial charge >= 0.3 is 0 Å². The molecule has 1 fully saturated rings. The Kier molecular flexibility index (Phi) is 2.51. The van der Waals surface area contributed by atoms with Crippen LogP contribution in [0.2, 0.25) is 5.15 Å². The van der Waals surface area contributed by atoms with E-state index in [1.807, 2.05) is 0 Å². The zero-order valence-electron chi connectivity index (χ0n) is 7.57. The number of nitriles is 1. The Labute approximate surface area is 87.1 Å². The van der Waals surface area contributed by atoms with Crippen molar-refractivity contribution in [3.63, 3.8) is 0 Å². The second-order valence-electron chi connectivity index (χ2n) is 3.21. The first-order valence-corrected chi connectivity index (χ1v) is 4.87. The van der Waals surface area contributed by atoms with Crippen molar-refractivity contribution >= 4 is 17.4 Å². The molecule has 2 heterocycles. The molecule has 0 unspecified atom stereocenters. The summed E-state index contributed by atoms with van der Waals surface area (Å²) in [5.74, 6) is 0.661. The van der Waals surface area contributed by atoms with Gasteiger partial charge in [-0.25, -0.2) is 0 Å². The highest BCUT2D eigenvalue weighted by atomic mass is 35.5. The maximum atomic E-state index is 8.90. The minimum Gasteiger partial charge on any atom is -0.354 e. The van der Waals surface area contributed by atoms with Gasteiger partial charge in [-0.2, -0.15) is 5.26 Å². The van der Waals surface area contributed by atoms with Gasteiger partial charge in [0.1, 0.15) is 6.07 Å². The highest BCUT2D eigenvalue weighted by Crippen LogP contribution is 2.22. The molecular weight excluding hydrogens is 200 g/mol. The summed E-state index contributed by atoms with van der Waals surface area (Å²) in [5, 5.41) is 16.9. The lowest BCUT2D eigenvalue weighted by atomic mass is 10.3. The topological polar surface area (TPSA) is 52.8 Å². The van der Waals surface area contributed by atoms with Gasteiger partial charge in [-0.05, 0) is 18.9 Å². The average molecular weight is 209 g/mol. The summed E-state index contributed by atoms with van der Waals surface area (Å²) in [6, 6.07) is 3.64. The largest absolute Gasteiger partial charge is 0.354 e. The molecule has 2 rings (SSSR count). The van der Waals surface area contributed by atoms with Gasteiger partial charge in [0, 0.05) is 13.1 Å². The quantitative estimate of drug-likeness (QED) is 0.704. The van der Waals surface area contributed by atoms with E-state index in [0.29, 0.717) is 11.4 Å². The first-order chi connectivity index (χ1) is 6.81. The van der Waals surface area contributed by atoms with Gasteiger partial charge in [-0.3, -0.25) is 0 Å². The minimum atomic E-state index is 0.268. The molecule has 4 nitrogen and oxygen atoms in total. The fourth-order valence-electron chi connectivity index (χ4n) is 1.61. The van der Waals surface area contributed by atoms with Crippen molar-refractivity contribution in [2.45, 2.75) is 12.8 Å². The monoisotopic (exact) mass is 208 g/mol. The molecule has 0 aromatic carbocycles. The Bertz CT molecular complexity index is 379. The van der Waals surface area contributed by atoms with Crippen LogP contribution < -0.4 is 4.90 Å². The number of halogens is 1. The molecular formula is C9H9ClN4. The van der Waals surface area contributed by atoms with E-state index in [-0.39, 0.29) is 5.15 Å². The molecule has 0 atom stereocenters. The lowest BCUT2D eigenvalue weighted by molar-refractivity contribution is 0.889. The fourth-order valence-corrected chi connectivity index (χ4v) is 1.75. The van der Waals surface area contributed by atoms with Crippen LogP contribution in [0.1, 0.15) is 18.4 Å². The first kappa shape index (κ1) is 9.22. The molecule has 1 aromatic rings. The molecule has 0 radical (unpaired) electrons. The molecule has 0 N–H and O–H groups in total. The van der Waals surface area contributed by atoms with Gasteiger partial charge in [-0.15, -0.1) is 10.2 Å². The molecule has 0 bridgehead atoms. The number of anilines is 1. The molecule has 0 amide bonds. The van der Waals surface area contributed by atoms with Crippen molar-refractivity contribution in [1.82, 2.24) is 10.2 Å². The van der Waals surface area contributed by atoms with E-state index in [2.05, 4.69) is 21.2 Å². The average Bonchev–Trinajstić information content (AvgIpc) is 2.70. The maximum Gasteiger partial charge on any atom is 0.169 e. The Morgan fingerprint density at radius 3 is 2.71 bits per heavy atom. The van der Waals surface area contributed by atoms with Crippen molar-refractivity contribution in [2.24, 2.45) is 0 Å². The summed E-state index contributed by atoms with van der Waals surface area (Å²) >= 11 is 5.66. The highest BCUT2D eigenvalue weighted by Gasteiger charge is 2.17. The lowest BCUT2D eigenvalue weighted by Gasteiger charge is -2.16. The van der Waals surface area contributed by atoms with Crippen molar-refractivity contribution in [1.29, 1.82) is 5.26 Å². The van der Waals surface area contributed by atoms with Gasteiger partial charge in [0.2, 0.25) is 0 Å².